The first-order valence-corrected chi connectivity index (χ1v) is 6.53. The van der Waals surface area contributed by atoms with Gasteiger partial charge in [0.2, 0.25) is 0 Å². The van der Waals surface area contributed by atoms with Crippen LogP contribution in [0.2, 0.25) is 0 Å². The van der Waals surface area contributed by atoms with Crippen LogP contribution in [0.25, 0.3) is 0 Å². The minimum Gasteiger partial charge on any atom is -0.393 e. The van der Waals surface area contributed by atoms with Gasteiger partial charge in [0.15, 0.2) is 0 Å². The Morgan fingerprint density at radius 3 is 2.75 bits per heavy atom. The zero-order chi connectivity index (χ0) is 12.0. The van der Waals surface area contributed by atoms with Gasteiger partial charge in [-0.15, -0.1) is 0 Å². The third-order valence-electron chi connectivity index (χ3n) is 2.49. The maximum Gasteiger partial charge on any atom is 0.0524 e. The van der Waals surface area contributed by atoms with Crippen molar-refractivity contribution >= 4 is 15.9 Å². The van der Waals surface area contributed by atoms with Gasteiger partial charge in [0.1, 0.15) is 0 Å². The van der Waals surface area contributed by atoms with Crippen LogP contribution in [0.1, 0.15) is 25.8 Å². The molecule has 0 aliphatic rings. The summed E-state index contributed by atoms with van der Waals surface area (Å²) in [4.78, 5) is 0. The van der Waals surface area contributed by atoms with Crippen LogP contribution in [-0.4, -0.2) is 23.8 Å². The summed E-state index contributed by atoms with van der Waals surface area (Å²) in [6, 6.07) is 8.81. The minimum atomic E-state index is -0.217. The Labute approximate surface area is 106 Å². The normalized spacial score (nSPS) is 14.8. The lowest BCUT2D eigenvalue weighted by Crippen LogP contribution is -2.30. The average Bonchev–Trinajstić information content (AvgIpc) is 2.16. The molecule has 1 rings (SSSR count). The molecule has 0 aliphatic carbocycles. The van der Waals surface area contributed by atoms with Crippen molar-refractivity contribution in [3.63, 3.8) is 0 Å². The summed E-state index contributed by atoms with van der Waals surface area (Å²) in [6.45, 7) is 4.86. The summed E-state index contributed by atoms with van der Waals surface area (Å²) in [5, 5.41) is 12.6. The second-order valence-electron chi connectivity index (χ2n) is 4.33. The van der Waals surface area contributed by atoms with E-state index >= 15 is 0 Å². The van der Waals surface area contributed by atoms with E-state index in [9.17, 15) is 0 Å². The van der Waals surface area contributed by atoms with Gasteiger partial charge in [0.25, 0.3) is 0 Å². The van der Waals surface area contributed by atoms with Crippen LogP contribution in [-0.2, 0) is 6.42 Å². The average molecular weight is 286 g/mol. The van der Waals surface area contributed by atoms with Gasteiger partial charge in [0, 0.05) is 10.5 Å². The second kappa shape index (κ2) is 7.05. The molecule has 16 heavy (non-hydrogen) atoms. The fourth-order valence-corrected chi connectivity index (χ4v) is 2.07. The highest BCUT2D eigenvalue weighted by atomic mass is 79.9. The van der Waals surface area contributed by atoms with E-state index in [2.05, 4.69) is 46.4 Å². The summed E-state index contributed by atoms with van der Waals surface area (Å²) in [5.74, 6) is 0. The maximum absolute atomic E-state index is 9.15. The predicted octanol–water partition coefficient (Wildman–Crippen LogP) is 2.74. The zero-order valence-corrected chi connectivity index (χ0v) is 11.5. The van der Waals surface area contributed by atoms with E-state index in [-0.39, 0.29) is 6.10 Å². The lowest BCUT2D eigenvalue weighted by atomic mass is 10.1. The van der Waals surface area contributed by atoms with Crippen molar-refractivity contribution < 1.29 is 5.11 Å². The van der Waals surface area contributed by atoms with Crippen molar-refractivity contribution in [1.29, 1.82) is 0 Å². The maximum atomic E-state index is 9.15. The van der Waals surface area contributed by atoms with Gasteiger partial charge in [-0.25, -0.2) is 0 Å². The zero-order valence-electron chi connectivity index (χ0n) is 9.91. The molecule has 0 saturated carbocycles. The highest BCUT2D eigenvalue weighted by Gasteiger charge is 2.04. The van der Waals surface area contributed by atoms with Gasteiger partial charge in [0.05, 0.1) is 6.10 Å². The molecule has 0 aliphatic heterocycles. The Morgan fingerprint density at radius 2 is 2.12 bits per heavy atom. The van der Waals surface area contributed by atoms with Crippen molar-refractivity contribution in [1.82, 2.24) is 5.32 Å². The van der Waals surface area contributed by atoms with Crippen LogP contribution in [0.15, 0.2) is 28.7 Å². The van der Waals surface area contributed by atoms with Crippen LogP contribution < -0.4 is 5.32 Å². The largest absolute Gasteiger partial charge is 0.393 e. The Balaban J connectivity index is 2.31. The molecule has 90 valence electrons. The highest BCUT2D eigenvalue weighted by molar-refractivity contribution is 9.10. The minimum absolute atomic E-state index is 0.217. The number of hydrogen-bond acceptors (Lipinski definition) is 2. The quantitative estimate of drug-likeness (QED) is 0.842. The van der Waals surface area contributed by atoms with Crippen molar-refractivity contribution in [2.24, 2.45) is 0 Å². The van der Waals surface area contributed by atoms with Crippen LogP contribution in [0, 0.1) is 0 Å². The number of halogens is 1. The predicted molar refractivity (Wildman–Crippen MR) is 71.6 cm³/mol. The summed E-state index contributed by atoms with van der Waals surface area (Å²) in [6.07, 6.45) is 1.60. The van der Waals surface area contributed by atoms with E-state index in [0.717, 1.165) is 23.9 Å². The number of rotatable bonds is 6. The molecule has 0 fully saturated rings. The molecule has 2 unspecified atom stereocenters. The third kappa shape index (κ3) is 5.64. The van der Waals surface area contributed by atoms with Crippen molar-refractivity contribution in [3.05, 3.63) is 34.3 Å². The topological polar surface area (TPSA) is 32.3 Å². The molecule has 1 aromatic rings. The SMILES string of the molecule is CC(O)CCNC(C)Cc1cccc(Br)c1. The lowest BCUT2D eigenvalue weighted by Gasteiger charge is -2.14. The van der Waals surface area contributed by atoms with E-state index in [0.29, 0.717) is 6.04 Å². The number of hydrogen-bond donors (Lipinski definition) is 2. The fourth-order valence-electron chi connectivity index (χ4n) is 1.63. The Bertz CT molecular complexity index is 315. The number of benzene rings is 1. The molecule has 1 aromatic carbocycles. The van der Waals surface area contributed by atoms with E-state index in [1.54, 1.807) is 0 Å². The van der Waals surface area contributed by atoms with Crippen molar-refractivity contribution in [2.75, 3.05) is 6.54 Å². The van der Waals surface area contributed by atoms with Gasteiger partial charge < -0.3 is 10.4 Å². The highest BCUT2D eigenvalue weighted by Crippen LogP contribution is 2.13. The summed E-state index contributed by atoms with van der Waals surface area (Å²) >= 11 is 3.47. The molecular weight excluding hydrogens is 266 g/mol. The second-order valence-corrected chi connectivity index (χ2v) is 5.24. The van der Waals surface area contributed by atoms with Gasteiger partial charge in [-0.2, -0.15) is 0 Å². The number of aliphatic hydroxyl groups excluding tert-OH is 1. The Morgan fingerprint density at radius 1 is 1.38 bits per heavy atom. The molecule has 0 saturated heterocycles. The first kappa shape index (κ1) is 13.7. The first-order valence-electron chi connectivity index (χ1n) is 5.74. The van der Waals surface area contributed by atoms with Gasteiger partial charge in [-0.05, 0) is 50.9 Å². The standard InChI is InChI=1S/C13H20BrNO/c1-10(15-7-6-11(2)16)8-12-4-3-5-13(14)9-12/h3-5,9-11,15-16H,6-8H2,1-2H3. The Hall–Kier alpha value is -0.380. The monoisotopic (exact) mass is 285 g/mol. The molecule has 2 atom stereocenters. The van der Waals surface area contributed by atoms with E-state index in [4.69, 9.17) is 5.11 Å². The molecule has 2 N–H and O–H groups in total. The Kier molecular flexibility index (Phi) is 6.03. The third-order valence-corrected chi connectivity index (χ3v) is 2.98. The summed E-state index contributed by atoms with van der Waals surface area (Å²) in [7, 11) is 0. The smallest absolute Gasteiger partial charge is 0.0524 e. The lowest BCUT2D eigenvalue weighted by molar-refractivity contribution is 0.182. The molecule has 0 spiro atoms. The van der Waals surface area contributed by atoms with Gasteiger partial charge in [-0.3, -0.25) is 0 Å². The van der Waals surface area contributed by atoms with E-state index in [1.165, 1.54) is 5.56 Å². The molecule has 0 amide bonds. The van der Waals surface area contributed by atoms with Crippen LogP contribution in [0.5, 0.6) is 0 Å². The van der Waals surface area contributed by atoms with Crippen molar-refractivity contribution in [3.8, 4) is 0 Å². The van der Waals surface area contributed by atoms with E-state index < -0.39 is 0 Å². The molecule has 0 bridgehead atoms. The molecule has 2 nitrogen and oxygen atoms in total. The van der Waals surface area contributed by atoms with E-state index in [1.807, 2.05) is 13.0 Å². The first-order chi connectivity index (χ1) is 7.58. The molecule has 0 aromatic heterocycles. The molecular formula is C13H20BrNO. The molecule has 0 heterocycles. The van der Waals surface area contributed by atoms with Gasteiger partial charge >= 0.3 is 0 Å². The number of aliphatic hydroxyl groups is 1. The fraction of sp³-hybridized carbons (Fsp3) is 0.538. The van der Waals surface area contributed by atoms with Crippen LogP contribution in [0.4, 0.5) is 0 Å². The van der Waals surface area contributed by atoms with Crippen LogP contribution in [0.3, 0.4) is 0 Å². The summed E-state index contributed by atoms with van der Waals surface area (Å²) < 4.78 is 1.13. The molecule has 0 radical (unpaired) electrons. The van der Waals surface area contributed by atoms with Crippen molar-refractivity contribution in [2.45, 2.75) is 38.8 Å². The van der Waals surface area contributed by atoms with Crippen LogP contribution >= 0.6 is 15.9 Å². The molecule has 3 heteroatoms. The number of nitrogens with one attached hydrogen (secondary N) is 1. The summed E-state index contributed by atoms with van der Waals surface area (Å²) in [5.41, 5.74) is 1.33. The van der Waals surface area contributed by atoms with Gasteiger partial charge in [-0.1, -0.05) is 28.1 Å².